The van der Waals surface area contributed by atoms with Crippen LogP contribution in [0.2, 0.25) is 0 Å². The van der Waals surface area contributed by atoms with Gasteiger partial charge in [-0.05, 0) is 6.42 Å². The fourth-order valence-corrected chi connectivity index (χ4v) is 2.88. The van der Waals surface area contributed by atoms with Gasteiger partial charge in [0.2, 0.25) is 5.91 Å². The highest BCUT2D eigenvalue weighted by Crippen LogP contribution is 2.22. The fraction of sp³-hybridized carbons (Fsp3) is 0.667. The van der Waals surface area contributed by atoms with Crippen molar-refractivity contribution in [2.24, 2.45) is 0 Å². The lowest BCUT2D eigenvalue weighted by atomic mass is 10.1. The van der Waals surface area contributed by atoms with E-state index < -0.39 is 5.97 Å². The van der Waals surface area contributed by atoms with Gasteiger partial charge in [-0.15, -0.1) is 5.10 Å². The molecule has 1 N–H and O–H groups in total. The number of fused-ring (bicyclic) bond motifs is 1. The van der Waals surface area contributed by atoms with Gasteiger partial charge in [0.25, 0.3) is 0 Å². The number of carboxylic acid groups (broad SMARTS) is 1. The van der Waals surface area contributed by atoms with E-state index in [1.165, 1.54) is 6.20 Å². The third kappa shape index (κ3) is 2.51. The normalized spacial score (nSPS) is 23.1. The first-order valence-electron chi connectivity index (χ1n) is 6.79. The highest BCUT2D eigenvalue weighted by Gasteiger charge is 2.35. The van der Waals surface area contributed by atoms with Gasteiger partial charge in [0, 0.05) is 38.6 Å². The van der Waals surface area contributed by atoms with Gasteiger partial charge in [-0.3, -0.25) is 14.4 Å². The highest BCUT2D eigenvalue weighted by atomic mass is 16.4. The highest BCUT2D eigenvalue weighted by molar-refractivity contribution is 5.84. The van der Waals surface area contributed by atoms with Crippen LogP contribution in [0, 0.1) is 0 Å². The molecule has 0 radical (unpaired) electrons. The Morgan fingerprint density at radius 1 is 1.40 bits per heavy atom. The van der Waals surface area contributed by atoms with Crippen LogP contribution in [-0.2, 0) is 11.3 Å². The second kappa shape index (κ2) is 5.20. The van der Waals surface area contributed by atoms with Gasteiger partial charge in [0.15, 0.2) is 5.69 Å². The molecule has 3 rings (SSSR count). The molecule has 0 aromatic carbocycles. The quantitative estimate of drug-likeness (QED) is 0.782. The molecule has 8 nitrogen and oxygen atoms in total. The lowest BCUT2D eigenvalue weighted by Crippen LogP contribution is -2.51. The number of rotatable bonds is 4. The van der Waals surface area contributed by atoms with E-state index in [1.807, 2.05) is 4.90 Å². The molecular weight excluding hydrogens is 262 g/mol. The van der Waals surface area contributed by atoms with Gasteiger partial charge >= 0.3 is 5.97 Å². The summed E-state index contributed by atoms with van der Waals surface area (Å²) in [5.74, 6) is -0.786. The number of carbonyl (C=O) groups excluding carboxylic acids is 1. The van der Waals surface area contributed by atoms with E-state index in [0.29, 0.717) is 19.0 Å². The number of carbonyl (C=O) groups is 2. The van der Waals surface area contributed by atoms with Crippen LogP contribution in [0.4, 0.5) is 0 Å². The number of hydrogen-bond donors (Lipinski definition) is 1. The summed E-state index contributed by atoms with van der Waals surface area (Å²) < 4.78 is 1.55. The second-order valence-corrected chi connectivity index (χ2v) is 5.25. The molecule has 1 aromatic heterocycles. The van der Waals surface area contributed by atoms with E-state index in [4.69, 9.17) is 5.11 Å². The summed E-state index contributed by atoms with van der Waals surface area (Å²) in [5, 5.41) is 16.2. The Hall–Kier alpha value is -1.96. The van der Waals surface area contributed by atoms with Crippen molar-refractivity contribution in [2.45, 2.75) is 25.4 Å². The first kappa shape index (κ1) is 13.0. The van der Waals surface area contributed by atoms with Crippen molar-refractivity contribution < 1.29 is 14.7 Å². The summed E-state index contributed by atoms with van der Waals surface area (Å²) in [6, 6.07) is 0.349. The first-order valence-corrected chi connectivity index (χ1v) is 6.79. The van der Waals surface area contributed by atoms with E-state index >= 15 is 0 Å². The summed E-state index contributed by atoms with van der Waals surface area (Å²) in [5.41, 5.74) is -0.0313. The molecule has 0 spiro atoms. The van der Waals surface area contributed by atoms with Crippen molar-refractivity contribution in [2.75, 3.05) is 26.2 Å². The minimum absolute atomic E-state index is 0.0313. The molecule has 3 heterocycles. The maximum absolute atomic E-state index is 11.6. The van der Waals surface area contributed by atoms with E-state index in [2.05, 4.69) is 15.2 Å². The van der Waals surface area contributed by atoms with E-state index in [1.54, 1.807) is 4.68 Å². The molecule has 20 heavy (non-hydrogen) atoms. The largest absolute Gasteiger partial charge is 0.476 e. The first-order chi connectivity index (χ1) is 9.63. The van der Waals surface area contributed by atoms with Gasteiger partial charge in [-0.2, -0.15) is 0 Å². The van der Waals surface area contributed by atoms with Crippen LogP contribution in [0.3, 0.4) is 0 Å². The summed E-state index contributed by atoms with van der Waals surface area (Å²) in [4.78, 5) is 26.6. The predicted octanol–water partition coefficient (Wildman–Crippen LogP) is -0.717. The number of aromatic nitrogens is 3. The summed E-state index contributed by atoms with van der Waals surface area (Å²) in [7, 11) is 0. The average molecular weight is 279 g/mol. The van der Waals surface area contributed by atoms with Crippen molar-refractivity contribution >= 4 is 11.9 Å². The standard InChI is InChI=1S/C12H17N5O3/c18-11-2-1-9-7-15(4-6-17(9)11)3-5-16-8-10(12(19)20)13-14-16/h8-9H,1-7H2,(H,19,20). The number of hydrogen-bond acceptors (Lipinski definition) is 5. The maximum Gasteiger partial charge on any atom is 0.358 e. The Bertz CT molecular complexity index is 529. The predicted molar refractivity (Wildman–Crippen MR) is 68.2 cm³/mol. The molecule has 0 aliphatic carbocycles. The molecule has 1 unspecified atom stereocenters. The number of aromatic carboxylic acids is 1. The van der Waals surface area contributed by atoms with Crippen LogP contribution in [0.1, 0.15) is 23.3 Å². The lowest BCUT2D eigenvalue weighted by Gasteiger charge is -2.37. The molecule has 1 atom stereocenters. The number of carboxylic acids is 1. The van der Waals surface area contributed by atoms with Crippen LogP contribution >= 0.6 is 0 Å². The summed E-state index contributed by atoms with van der Waals surface area (Å²) in [6.45, 7) is 3.96. The van der Waals surface area contributed by atoms with Crippen molar-refractivity contribution in [3.8, 4) is 0 Å². The molecule has 2 aliphatic rings. The summed E-state index contributed by atoms with van der Waals surface area (Å²) in [6.07, 6.45) is 3.06. The van der Waals surface area contributed by atoms with E-state index in [-0.39, 0.29) is 11.6 Å². The smallest absolute Gasteiger partial charge is 0.358 e. The lowest BCUT2D eigenvalue weighted by molar-refractivity contribution is -0.130. The van der Waals surface area contributed by atoms with Gasteiger partial charge in [-0.25, -0.2) is 4.79 Å². The van der Waals surface area contributed by atoms with Crippen LogP contribution in [0.15, 0.2) is 6.20 Å². The van der Waals surface area contributed by atoms with Crippen molar-refractivity contribution in [3.63, 3.8) is 0 Å². The zero-order chi connectivity index (χ0) is 14.1. The molecule has 2 fully saturated rings. The van der Waals surface area contributed by atoms with Crippen molar-refractivity contribution in [1.82, 2.24) is 24.8 Å². The van der Waals surface area contributed by atoms with Crippen molar-refractivity contribution in [1.29, 1.82) is 0 Å². The number of nitrogens with zero attached hydrogens (tertiary/aromatic N) is 5. The Morgan fingerprint density at radius 2 is 2.25 bits per heavy atom. The van der Waals surface area contributed by atoms with E-state index in [9.17, 15) is 9.59 Å². The van der Waals surface area contributed by atoms with Crippen LogP contribution in [-0.4, -0.2) is 74.0 Å². The Morgan fingerprint density at radius 3 is 3.00 bits per heavy atom. The molecule has 0 saturated carbocycles. The van der Waals surface area contributed by atoms with E-state index in [0.717, 1.165) is 32.6 Å². The monoisotopic (exact) mass is 279 g/mol. The number of amides is 1. The molecule has 108 valence electrons. The Kier molecular flexibility index (Phi) is 3.39. The van der Waals surface area contributed by atoms with Crippen molar-refractivity contribution in [3.05, 3.63) is 11.9 Å². The summed E-state index contributed by atoms with van der Waals surface area (Å²) >= 11 is 0. The Balaban J connectivity index is 1.51. The minimum atomic E-state index is -1.06. The SMILES string of the molecule is O=C(O)c1cn(CCN2CCN3C(=O)CCC3C2)nn1. The zero-order valence-electron chi connectivity index (χ0n) is 11.1. The van der Waals surface area contributed by atoms with Crippen LogP contribution in [0.25, 0.3) is 0 Å². The van der Waals surface area contributed by atoms with Gasteiger partial charge < -0.3 is 10.0 Å². The average Bonchev–Trinajstić information content (AvgIpc) is 3.04. The number of piperazine rings is 1. The molecule has 8 heteroatoms. The minimum Gasteiger partial charge on any atom is -0.476 e. The molecular formula is C12H17N5O3. The second-order valence-electron chi connectivity index (χ2n) is 5.25. The fourth-order valence-electron chi connectivity index (χ4n) is 2.88. The third-order valence-electron chi connectivity index (χ3n) is 3.98. The van der Waals surface area contributed by atoms with Gasteiger partial charge in [0.1, 0.15) is 0 Å². The molecule has 1 amide bonds. The zero-order valence-corrected chi connectivity index (χ0v) is 11.1. The molecule has 2 saturated heterocycles. The van der Waals surface area contributed by atoms with Crippen LogP contribution in [0.5, 0.6) is 0 Å². The van der Waals surface area contributed by atoms with Gasteiger partial charge in [-0.1, -0.05) is 5.21 Å². The topological polar surface area (TPSA) is 91.6 Å². The molecule has 0 bridgehead atoms. The third-order valence-corrected chi connectivity index (χ3v) is 3.98. The Labute approximate surface area is 116 Å². The maximum atomic E-state index is 11.6. The van der Waals surface area contributed by atoms with Crippen LogP contribution < -0.4 is 0 Å². The molecule has 2 aliphatic heterocycles. The molecule has 1 aromatic rings. The van der Waals surface area contributed by atoms with Gasteiger partial charge in [0.05, 0.1) is 12.7 Å².